The third-order valence-corrected chi connectivity index (χ3v) is 6.20. The van der Waals surface area contributed by atoms with Gasteiger partial charge >= 0.3 is 0 Å². The molecule has 0 amide bonds. The van der Waals surface area contributed by atoms with Crippen molar-refractivity contribution >= 4 is 43.0 Å². The number of aliphatic hydroxyl groups excluding tert-OH is 1. The van der Waals surface area contributed by atoms with E-state index < -0.39 is 15.8 Å². The Morgan fingerprint density at radius 2 is 2.15 bits per heavy atom. The molecule has 20 heavy (non-hydrogen) atoms. The predicted molar refractivity (Wildman–Crippen MR) is 79.9 cm³/mol. The summed E-state index contributed by atoms with van der Waals surface area (Å²) in [6, 6.07) is 5.66. The maximum Gasteiger partial charge on any atom is 0.263 e. The highest BCUT2D eigenvalue weighted by atomic mass is 79.9. The Balaban J connectivity index is 2.43. The minimum absolute atomic E-state index is 0.0193. The number of thiophene rings is 1. The minimum Gasteiger partial charge on any atom is -0.391 e. The molecule has 4 nitrogen and oxygen atoms in total. The van der Waals surface area contributed by atoms with Crippen molar-refractivity contribution in [2.24, 2.45) is 0 Å². The monoisotopic (exact) mass is 379 g/mol. The zero-order valence-electron chi connectivity index (χ0n) is 10.4. The van der Waals surface area contributed by atoms with Gasteiger partial charge in [-0.3, -0.25) is 4.72 Å². The number of sulfonamides is 1. The van der Waals surface area contributed by atoms with Crippen molar-refractivity contribution < 1.29 is 17.9 Å². The van der Waals surface area contributed by atoms with E-state index in [0.717, 1.165) is 11.3 Å². The average molecular weight is 380 g/mol. The van der Waals surface area contributed by atoms with E-state index in [2.05, 4.69) is 20.7 Å². The number of nitrogens with one attached hydrogen (secondary N) is 1. The quantitative estimate of drug-likeness (QED) is 0.856. The van der Waals surface area contributed by atoms with Crippen LogP contribution in [-0.2, 0) is 16.6 Å². The van der Waals surface area contributed by atoms with E-state index in [9.17, 15) is 12.8 Å². The number of halogens is 2. The normalized spacial score (nSPS) is 11.6. The molecule has 0 bridgehead atoms. The van der Waals surface area contributed by atoms with Gasteiger partial charge in [0.15, 0.2) is 0 Å². The van der Waals surface area contributed by atoms with Crippen molar-refractivity contribution in [2.75, 3.05) is 4.72 Å². The highest BCUT2D eigenvalue weighted by Crippen LogP contribution is 2.33. The van der Waals surface area contributed by atoms with Crippen molar-refractivity contribution in [3.05, 3.63) is 44.3 Å². The van der Waals surface area contributed by atoms with Crippen molar-refractivity contribution in [2.45, 2.75) is 18.4 Å². The number of hydrogen-bond donors (Lipinski definition) is 2. The van der Waals surface area contributed by atoms with E-state index in [-0.39, 0.29) is 17.2 Å². The first-order valence-electron chi connectivity index (χ1n) is 5.52. The first-order valence-corrected chi connectivity index (χ1v) is 8.61. The van der Waals surface area contributed by atoms with Crippen molar-refractivity contribution in [1.82, 2.24) is 0 Å². The number of para-hydroxylation sites is 1. The van der Waals surface area contributed by atoms with Gasteiger partial charge in [0.2, 0.25) is 0 Å². The van der Waals surface area contributed by atoms with Crippen LogP contribution in [0.15, 0.2) is 32.9 Å². The molecule has 2 aromatic rings. The number of hydrogen-bond acceptors (Lipinski definition) is 4. The molecule has 8 heteroatoms. The van der Waals surface area contributed by atoms with E-state index in [1.807, 2.05) is 0 Å². The minimum atomic E-state index is -3.92. The molecule has 2 N–H and O–H groups in total. The number of anilines is 1. The maximum atomic E-state index is 13.7. The molecule has 108 valence electrons. The highest BCUT2D eigenvalue weighted by Gasteiger charge is 2.22. The fourth-order valence-electron chi connectivity index (χ4n) is 1.61. The third kappa shape index (κ3) is 3.03. The lowest BCUT2D eigenvalue weighted by atomic mass is 10.2. The number of aliphatic hydroxyl groups is 1. The summed E-state index contributed by atoms with van der Waals surface area (Å²) in [5.41, 5.74) is 0.415. The van der Waals surface area contributed by atoms with E-state index in [1.165, 1.54) is 18.2 Å². The molecule has 1 aromatic heterocycles. The molecule has 0 aliphatic heterocycles. The molecular weight excluding hydrogens is 369 g/mol. The van der Waals surface area contributed by atoms with Gasteiger partial charge in [0.1, 0.15) is 10.7 Å². The summed E-state index contributed by atoms with van der Waals surface area (Å²) in [5, 5.41) is 9.03. The molecule has 0 unspecified atom stereocenters. The Labute approximate surface area is 128 Å². The lowest BCUT2D eigenvalue weighted by Gasteiger charge is -2.10. The second-order valence-electron chi connectivity index (χ2n) is 4.05. The van der Waals surface area contributed by atoms with Gasteiger partial charge in [-0.25, -0.2) is 12.8 Å². The van der Waals surface area contributed by atoms with Crippen LogP contribution in [-0.4, -0.2) is 13.5 Å². The van der Waals surface area contributed by atoms with Crippen LogP contribution in [0.4, 0.5) is 10.1 Å². The number of rotatable bonds is 4. The van der Waals surface area contributed by atoms with Gasteiger partial charge in [-0.2, -0.15) is 0 Å². The molecule has 0 saturated carbocycles. The first-order chi connectivity index (χ1) is 9.35. The molecule has 0 spiro atoms. The lowest BCUT2D eigenvalue weighted by Crippen LogP contribution is -2.14. The maximum absolute atomic E-state index is 13.7. The Hall–Kier alpha value is -0.960. The second-order valence-corrected chi connectivity index (χ2v) is 8.15. The molecule has 0 atom stereocenters. The first kappa shape index (κ1) is 15.4. The van der Waals surface area contributed by atoms with E-state index in [0.29, 0.717) is 14.2 Å². The zero-order valence-corrected chi connectivity index (χ0v) is 13.6. The van der Waals surface area contributed by atoms with Gasteiger partial charge in [0, 0.05) is 4.88 Å². The average Bonchev–Trinajstić information content (AvgIpc) is 2.76. The summed E-state index contributed by atoms with van der Waals surface area (Å²) in [6.07, 6.45) is 0. The van der Waals surface area contributed by atoms with Crippen LogP contribution < -0.4 is 4.72 Å². The summed E-state index contributed by atoms with van der Waals surface area (Å²) < 4.78 is 40.8. The molecular formula is C12H11BrFNO3S2. The standard InChI is InChI=1S/C12H11BrFNO3S2/c1-7-3-2-4-9(14)11(7)15-20(17,18)10-5-8(6-16)19-12(10)13/h2-5,15-16H,6H2,1H3. The summed E-state index contributed by atoms with van der Waals surface area (Å²) in [6.45, 7) is 1.36. The van der Waals surface area contributed by atoms with Crippen LogP contribution in [0, 0.1) is 12.7 Å². The van der Waals surface area contributed by atoms with Crippen molar-refractivity contribution in [1.29, 1.82) is 0 Å². The fourth-order valence-corrected chi connectivity index (χ4v) is 5.29. The number of benzene rings is 1. The summed E-state index contributed by atoms with van der Waals surface area (Å²) >= 11 is 4.25. The molecule has 0 aliphatic rings. The highest BCUT2D eigenvalue weighted by molar-refractivity contribution is 9.11. The number of aryl methyl sites for hydroxylation is 1. The molecule has 0 saturated heterocycles. The van der Waals surface area contributed by atoms with Crippen LogP contribution >= 0.6 is 27.3 Å². The molecule has 0 radical (unpaired) electrons. The molecule has 1 heterocycles. The van der Waals surface area contributed by atoms with Crippen LogP contribution in [0.5, 0.6) is 0 Å². The zero-order chi connectivity index (χ0) is 14.9. The second kappa shape index (κ2) is 5.80. The van der Waals surface area contributed by atoms with E-state index in [4.69, 9.17) is 5.11 Å². The molecule has 1 aromatic carbocycles. The van der Waals surface area contributed by atoms with Crippen LogP contribution in [0.3, 0.4) is 0 Å². The molecule has 0 fully saturated rings. The summed E-state index contributed by atoms with van der Waals surface area (Å²) in [4.78, 5) is 0.483. The topological polar surface area (TPSA) is 66.4 Å². The lowest BCUT2D eigenvalue weighted by molar-refractivity contribution is 0.285. The molecule has 2 rings (SSSR count). The third-order valence-electron chi connectivity index (χ3n) is 2.61. The Kier molecular flexibility index (Phi) is 4.48. The smallest absolute Gasteiger partial charge is 0.263 e. The Morgan fingerprint density at radius 3 is 2.70 bits per heavy atom. The fraction of sp³-hybridized carbons (Fsp3) is 0.167. The van der Waals surface area contributed by atoms with Gasteiger partial charge < -0.3 is 5.11 Å². The van der Waals surface area contributed by atoms with Crippen LogP contribution in [0.2, 0.25) is 0 Å². The molecule has 0 aliphatic carbocycles. The van der Waals surface area contributed by atoms with Gasteiger partial charge in [-0.05, 0) is 40.5 Å². The van der Waals surface area contributed by atoms with E-state index >= 15 is 0 Å². The van der Waals surface area contributed by atoms with Crippen molar-refractivity contribution in [3.63, 3.8) is 0 Å². The van der Waals surface area contributed by atoms with Crippen LogP contribution in [0.25, 0.3) is 0 Å². The summed E-state index contributed by atoms with van der Waals surface area (Å²) in [7, 11) is -3.92. The largest absolute Gasteiger partial charge is 0.391 e. The van der Waals surface area contributed by atoms with Gasteiger partial charge in [-0.15, -0.1) is 11.3 Å². The van der Waals surface area contributed by atoms with E-state index in [1.54, 1.807) is 13.0 Å². The Morgan fingerprint density at radius 1 is 1.45 bits per heavy atom. The van der Waals surface area contributed by atoms with Crippen LogP contribution in [0.1, 0.15) is 10.4 Å². The SMILES string of the molecule is Cc1cccc(F)c1NS(=O)(=O)c1cc(CO)sc1Br. The Bertz CT molecular complexity index is 723. The predicted octanol–water partition coefficient (Wildman–Crippen LogP) is 3.25. The summed E-state index contributed by atoms with van der Waals surface area (Å²) in [5.74, 6) is -0.637. The van der Waals surface area contributed by atoms with Gasteiger partial charge in [-0.1, -0.05) is 12.1 Å². The van der Waals surface area contributed by atoms with Gasteiger partial charge in [0.25, 0.3) is 10.0 Å². The van der Waals surface area contributed by atoms with Crippen molar-refractivity contribution in [3.8, 4) is 0 Å². The van der Waals surface area contributed by atoms with Gasteiger partial charge in [0.05, 0.1) is 16.1 Å².